The van der Waals surface area contributed by atoms with Crippen LogP contribution in [0.5, 0.6) is 0 Å². The Morgan fingerprint density at radius 2 is 2.06 bits per heavy atom. The lowest BCUT2D eigenvalue weighted by Crippen LogP contribution is -2.44. The van der Waals surface area contributed by atoms with Crippen LogP contribution >= 0.6 is 11.3 Å². The lowest BCUT2D eigenvalue weighted by Gasteiger charge is -2.34. The summed E-state index contributed by atoms with van der Waals surface area (Å²) in [5.41, 5.74) is 2.45. The molecule has 1 saturated heterocycles. The number of piperazine rings is 1. The fraction of sp³-hybridized carbons (Fsp3) is 0.538. The highest BCUT2D eigenvalue weighted by atomic mass is 32.1. The molecule has 176 valence electrons. The molecule has 0 bridgehead atoms. The average molecular weight is 466 g/mol. The van der Waals surface area contributed by atoms with Gasteiger partial charge in [-0.15, -0.1) is 0 Å². The van der Waals surface area contributed by atoms with E-state index in [4.69, 9.17) is 0 Å². The summed E-state index contributed by atoms with van der Waals surface area (Å²) >= 11 is 1.53. The van der Waals surface area contributed by atoms with Gasteiger partial charge in [-0.3, -0.25) is 4.79 Å². The van der Waals surface area contributed by atoms with Gasteiger partial charge in [0.15, 0.2) is 5.13 Å². The van der Waals surface area contributed by atoms with Gasteiger partial charge in [0.2, 0.25) is 0 Å². The molecule has 33 heavy (non-hydrogen) atoms. The molecule has 2 aromatic heterocycles. The maximum Gasteiger partial charge on any atom is 0.263 e. The van der Waals surface area contributed by atoms with E-state index in [1.165, 1.54) is 48.0 Å². The van der Waals surface area contributed by atoms with E-state index < -0.39 is 0 Å². The molecule has 3 aromatic rings. The topological polar surface area (TPSA) is 64.3 Å². The Kier molecular flexibility index (Phi) is 6.69. The van der Waals surface area contributed by atoms with Crippen LogP contribution in [-0.4, -0.2) is 60.0 Å². The van der Waals surface area contributed by atoms with Gasteiger partial charge >= 0.3 is 0 Å². The van der Waals surface area contributed by atoms with E-state index in [1.807, 2.05) is 0 Å². The van der Waals surface area contributed by atoms with Crippen LogP contribution in [0.15, 0.2) is 36.7 Å². The third-order valence-corrected chi connectivity index (χ3v) is 8.53. The predicted octanol–water partition coefficient (Wildman–Crippen LogP) is 4.54. The predicted molar refractivity (Wildman–Crippen MR) is 136 cm³/mol. The number of aromatic nitrogens is 2. The van der Waals surface area contributed by atoms with Gasteiger partial charge in [0.1, 0.15) is 4.88 Å². The number of hydrogen-bond donors (Lipinski definition) is 2. The van der Waals surface area contributed by atoms with Crippen LogP contribution in [0.3, 0.4) is 0 Å². The second kappa shape index (κ2) is 9.85. The Hall–Kier alpha value is -2.38. The van der Waals surface area contributed by atoms with E-state index in [-0.39, 0.29) is 11.9 Å². The van der Waals surface area contributed by atoms with Crippen molar-refractivity contribution < 1.29 is 4.79 Å². The Labute approximate surface area is 200 Å². The van der Waals surface area contributed by atoms with Crippen LogP contribution in [0.1, 0.15) is 47.8 Å². The van der Waals surface area contributed by atoms with Gasteiger partial charge in [0.05, 0.1) is 6.20 Å². The highest BCUT2D eigenvalue weighted by Gasteiger charge is 2.30. The lowest BCUT2D eigenvalue weighted by molar-refractivity contribution is 0.0909. The number of thiazole rings is 1. The number of hydrogen-bond acceptors (Lipinski definition) is 5. The van der Waals surface area contributed by atoms with E-state index in [0.29, 0.717) is 5.92 Å². The number of aromatic amines is 1. The summed E-state index contributed by atoms with van der Waals surface area (Å²) in [4.78, 5) is 26.7. The second-order valence-electron chi connectivity index (χ2n) is 9.97. The first-order chi connectivity index (χ1) is 16.1. The lowest BCUT2D eigenvalue weighted by atomic mass is 9.77. The van der Waals surface area contributed by atoms with E-state index in [2.05, 4.69) is 69.5 Å². The number of rotatable bonds is 6. The molecule has 0 radical (unpaired) electrons. The summed E-state index contributed by atoms with van der Waals surface area (Å²) in [6.45, 7) is 6.35. The summed E-state index contributed by atoms with van der Waals surface area (Å²) in [5, 5.41) is 5.67. The molecule has 5 rings (SSSR count). The zero-order valence-corrected chi connectivity index (χ0v) is 20.5. The first kappa shape index (κ1) is 22.4. The summed E-state index contributed by atoms with van der Waals surface area (Å²) in [5.74, 6) is 1.26. The van der Waals surface area contributed by atoms with Crippen LogP contribution < -0.4 is 10.2 Å². The van der Waals surface area contributed by atoms with Crippen molar-refractivity contribution in [3.8, 4) is 0 Å². The van der Waals surface area contributed by atoms with E-state index in [1.54, 1.807) is 6.20 Å². The number of carbonyl (C=O) groups is 1. The zero-order chi connectivity index (χ0) is 22.8. The average Bonchev–Trinajstić information content (AvgIpc) is 3.47. The highest BCUT2D eigenvalue weighted by molar-refractivity contribution is 7.17. The first-order valence-electron chi connectivity index (χ1n) is 12.3. The highest BCUT2D eigenvalue weighted by Crippen LogP contribution is 2.33. The summed E-state index contributed by atoms with van der Waals surface area (Å²) in [7, 11) is 2.15. The third kappa shape index (κ3) is 5.09. The van der Waals surface area contributed by atoms with Gasteiger partial charge in [-0.25, -0.2) is 4.98 Å². The van der Waals surface area contributed by atoms with Crippen molar-refractivity contribution in [2.24, 2.45) is 11.8 Å². The van der Waals surface area contributed by atoms with Crippen molar-refractivity contribution in [3.63, 3.8) is 0 Å². The van der Waals surface area contributed by atoms with Crippen molar-refractivity contribution in [2.75, 3.05) is 38.1 Å². The fourth-order valence-electron chi connectivity index (χ4n) is 5.47. The molecular weight excluding hydrogens is 430 g/mol. The number of carbonyl (C=O) groups excluding carboxylic acids is 1. The number of likely N-dealkylation sites (N-methyl/N-ethyl adjacent to an activating group) is 1. The van der Waals surface area contributed by atoms with Crippen LogP contribution in [0, 0.1) is 11.8 Å². The Bertz CT molecular complexity index is 1080. The molecule has 2 aliphatic rings. The van der Waals surface area contributed by atoms with E-state index in [0.717, 1.165) is 54.0 Å². The van der Waals surface area contributed by atoms with Crippen molar-refractivity contribution in [1.82, 2.24) is 20.2 Å². The molecule has 1 amide bonds. The van der Waals surface area contributed by atoms with Crippen molar-refractivity contribution in [2.45, 2.75) is 45.1 Å². The zero-order valence-electron chi connectivity index (χ0n) is 19.7. The molecule has 1 aliphatic heterocycles. The molecule has 3 heterocycles. The molecule has 3 unspecified atom stereocenters. The standard InChI is InChI=1S/C26H35N5OS/c1-18-6-5-7-19(14-18)23(15-20-16-27-22-9-4-3-8-21(20)22)29-25(32)24-17-28-26(33-24)31-12-10-30(2)11-13-31/h3-4,8-9,16-19,23,27H,5-7,10-15H2,1-2H3,(H,29,32). The van der Waals surface area contributed by atoms with Gasteiger partial charge in [-0.1, -0.05) is 49.3 Å². The van der Waals surface area contributed by atoms with Crippen molar-refractivity contribution >= 4 is 33.3 Å². The molecule has 6 nitrogen and oxygen atoms in total. The number of amides is 1. The van der Waals surface area contributed by atoms with Gasteiger partial charge in [-0.05, 0) is 49.8 Å². The van der Waals surface area contributed by atoms with Crippen LogP contribution in [0.25, 0.3) is 10.9 Å². The van der Waals surface area contributed by atoms with Crippen LogP contribution in [0.2, 0.25) is 0 Å². The summed E-state index contributed by atoms with van der Waals surface area (Å²) < 4.78 is 0. The molecular formula is C26H35N5OS. The maximum absolute atomic E-state index is 13.3. The first-order valence-corrected chi connectivity index (χ1v) is 13.1. The molecule has 0 spiro atoms. The molecule has 2 N–H and O–H groups in total. The Morgan fingerprint density at radius 1 is 1.24 bits per heavy atom. The molecule has 1 aromatic carbocycles. The van der Waals surface area contributed by atoms with Crippen molar-refractivity contribution in [3.05, 3.63) is 47.1 Å². The number of nitrogens with zero attached hydrogens (tertiary/aromatic N) is 3. The van der Waals surface area contributed by atoms with Gasteiger partial charge in [0, 0.05) is 49.3 Å². The third-order valence-electron chi connectivity index (χ3n) is 7.47. The Balaban J connectivity index is 1.33. The van der Waals surface area contributed by atoms with E-state index >= 15 is 0 Å². The molecule has 1 saturated carbocycles. The van der Waals surface area contributed by atoms with Crippen LogP contribution in [-0.2, 0) is 6.42 Å². The minimum Gasteiger partial charge on any atom is -0.361 e. The quantitative estimate of drug-likeness (QED) is 0.561. The number of nitrogens with one attached hydrogen (secondary N) is 2. The molecule has 2 fully saturated rings. The van der Waals surface area contributed by atoms with E-state index in [9.17, 15) is 4.79 Å². The second-order valence-corrected chi connectivity index (χ2v) is 11.0. The Morgan fingerprint density at radius 3 is 2.88 bits per heavy atom. The summed E-state index contributed by atoms with van der Waals surface area (Å²) in [6.07, 6.45) is 9.66. The maximum atomic E-state index is 13.3. The largest absolute Gasteiger partial charge is 0.361 e. The summed E-state index contributed by atoms with van der Waals surface area (Å²) in [6, 6.07) is 8.58. The monoisotopic (exact) mass is 465 g/mol. The number of H-pyrrole nitrogens is 1. The molecule has 1 aliphatic carbocycles. The number of para-hydroxylation sites is 1. The number of anilines is 1. The molecule has 7 heteroatoms. The minimum absolute atomic E-state index is 0.0240. The van der Waals surface area contributed by atoms with Gasteiger partial charge in [0.25, 0.3) is 5.91 Å². The van der Waals surface area contributed by atoms with Gasteiger partial charge in [-0.2, -0.15) is 0 Å². The minimum atomic E-state index is 0.0240. The fourth-order valence-corrected chi connectivity index (χ4v) is 6.34. The van der Waals surface area contributed by atoms with Crippen LogP contribution in [0.4, 0.5) is 5.13 Å². The number of benzene rings is 1. The number of fused-ring (bicyclic) bond motifs is 1. The smallest absolute Gasteiger partial charge is 0.263 e. The van der Waals surface area contributed by atoms with Crippen molar-refractivity contribution in [1.29, 1.82) is 0 Å². The normalized spacial score (nSPS) is 23.0. The SMILES string of the molecule is CC1CCCC(C(Cc2c[nH]c3ccccc23)NC(=O)c2cnc(N3CCN(C)CC3)s2)C1. The molecule has 3 atom stereocenters. The van der Waals surface area contributed by atoms with Gasteiger partial charge < -0.3 is 20.1 Å².